The zero-order valence-electron chi connectivity index (χ0n) is 10.1. The minimum Gasteiger partial charge on any atom is -0.480 e. The van der Waals surface area contributed by atoms with E-state index in [4.69, 9.17) is 5.11 Å². The summed E-state index contributed by atoms with van der Waals surface area (Å²) in [6.45, 7) is 2.04. The van der Waals surface area contributed by atoms with Gasteiger partial charge in [-0.25, -0.2) is 9.59 Å². The molecular weight excluding hydrogens is 240 g/mol. The molecule has 6 heteroatoms. The number of rotatable bonds is 3. The van der Waals surface area contributed by atoms with Crippen molar-refractivity contribution in [3.63, 3.8) is 0 Å². The number of nitrogens with zero attached hydrogens (tertiary/aromatic N) is 2. The maximum Gasteiger partial charge on any atom is 0.327 e. The summed E-state index contributed by atoms with van der Waals surface area (Å²) in [5, 5.41) is 9.05. The number of urea groups is 1. The number of carbonyl (C=O) groups excluding carboxylic acids is 1. The van der Waals surface area contributed by atoms with E-state index in [0.717, 1.165) is 0 Å². The third-order valence-electron chi connectivity index (χ3n) is 3.63. The van der Waals surface area contributed by atoms with E-state index in [-0.39, 0.29) is 12.1 Å². The lowest BCUT2D eigenvalue weighted by molar-refractivity contribution is -0.140. The van der Waals surface area contributed by atoms with Gasteiger partial charge in [0.2, 0.25) is 0 Å². The number of hydrogen-bond donors (Lipinski definition) is 1. The molecule has 96 valence electrons. The van der Waals surface area contributed by atoms with E-state index in [0.29, 0.717) is 17.5 Å². The third-order valence-corrected chi connectivity index (χ3v) is 4.64. The number of carbonyl (C=O) groups is 2. The molecule has 1 saturated carbocycles. The van der Waals surface area contributed by atoms with Crippen LogP contribution >= 0.6 is 11.8 Å². The number of thioether (sulfide) groups is 1. The number of aliphatic carboxylic acids is 1. The molecule has 2 fully saturated rings. The van der Waals surface area contributed by atoms with Crippen molar-refractivity contribution in [1.29, 1.82) is 0 Å². The van der Waals surface area contributed by atoms with E-state index in [1.807, 2.05) is 6.92 Å². The molecule has 0 aromatic rings. The second-order valence-corrected chi connectivity index (χ2v) is 5.80. The van der Waals surface area contributed by atoms with Crippen LogP contribution in [0.5, 0.6) is 0 Å². The van der Waals surface area contributed by atoms with Crippen LogP contribution in [-0.2, 0) is 4.79 Å². The van der Waals surface area contributed by atoms with E-state index in [9.17, 15) is 9.59 Å². The zero-order chi connectivity index (χ0) is 12.6. The van der Waals surface area contributed by atoms with Crippen LogP contribution in [0.1, 0.15) is 19.8 Å². The average Bonchev–Trinajstić information content (AvgIpc) is 3.02. The molecule has 2 aliphatic rings. The second-order valence-electron chi connectivity index (χ2n) is 4.80. The molecule has 0 bridgehead atoms. The molecule has 1 heterocycles. The minimum atomic E-state index is -0.907. The molecule has 1 aliphatic heterocycles. The van der Waals surface area contributed by atoms with Gasteiger partial charge in [-0.1, -0.05) is 0 Å². The van der Waals surface area contributed by atoms with E-state index in [1.165, 1.54) is 29.5 Å². The Morgan fingerprint density at radius 2 is 2.12 bits per heavy atom. The highest BCUT2D eigenvalue weighted by atomic mass is 32.2. The van der Waals surface area contributed by atoms with Gasteiger partial charge in [-0.2, -0.15) is 0 Å². The van der Waals surface area contributed by atoms with Crippen molar-refractivity contribution in [2.24, 2.45) is 5.92 Å². The van der Waals surface area contributed by atoms with Crippen molar-refractivity contribution in [3.8, 4) is 0 Å². The summed E-state index contributed by atoms with van der Waals surface area (Å²) in [5.41, 5.74) is 0. The van der Waals surface area contributed by atoms with Crippen molar-refractivity contribution < 1.29 is 14.7 Å². The van der Waals surface area contributed by atoms with Gasteiger partial charge in [-0.05, 0) is 25.7 Å². The van der Waals surface area contributed by atoms with Crippen LogP contribution in [0.15, 0.2) is 0 Å². The molecule has 1 aliphatic carbocycles. The van der Waals surface area contributed by atoms with Crippen LogP contribution in [0.2, 0.25) is 0 Å². The summed E-state index contributed by atoms with van der Waals surface area (Å²) in [5.74, 6) is 0.669. The summed E-state index contributed by atoms with van der Waals surface area (Å²) in [6, 6.07) is -0.606. The quantitative estimate of drug-likeness (QED) is 0.829. The van der Waals surface area contributed by atoms with Gasteiger partial charge in [0, 0.05) is 18.8 Å². The van der Waals surface area contributed by atoms with Gasteiger partial charge in [0.05, 0.1) is 5.88 Å². The number of carboxylic acid groups (broad SMARTS) is 1. The molecule has 2 amide bonds. The molecule has 2 rings (SSSR count). The van der Waals surface area contributed by atoms with Gasteiger partial charge >= 0.3 is 12.0 Å². The highest BCUT2D eigenvalue weighted by molar-refractivity contribution is 7.99. The molecule has 17 heavy (non-hydrogen) atoms. The van der Waals surface area contributed by atoms with Crippen molar-refractivity contribution in [3.05, 3.63) is 0 Å². The monoisotopic (exact) mass is 258 g/mol. The lowest BCUT2D eigenvalue weighted by atomic mass is 10.2. The Morgan fingerprint density at radius 3 is 2.65 bits per heavy atom. The highest BCUT2D eigenvalue weighted by Gasteiger charge is 2.39. The van der Waals surface area contributed by atoms with Crippen LogP contribution < -0.4 is 0 Å². The Morgan fingerprint density at radius 1 is 1.47 bits per heavy atom. The van der Waals surface area contributed by atoms with Crippen molar-refractivity contribution >= 4 is 23.8 Å². The van der Waals surface area contributed by atoms with Gasteiger partial charge in [0.1, 0.15) is 6.04 Å². The fourth-order valence-corrected chi connectivity index (χ4v) is 3.25. The first kappa shape index (κ1) is 12.5. The minimum absolute atomic E-state index is 0.151. The summed E-state index contributed by atoms with van der Waals surface area (Å²) < 4.78 is 0. The maximum absolute atomic E-state index is 12.2. The van der Waals surface area contributed by atoms with Crippen LogP contribution in [0, 0.1) is 5.92 Å². The Balaban J connectivity index is 2.00. The molecule has 1 unspecified atom stereocenters. The first-order valence-corrected chi connectivity index (χ1v) is 7.02. The predicted molar refractivity (Wildman–Crippen MR) is 65.9 cm³/mol. The van der Waals surface area contributed by atoms with Crippen molar-refractivity contribution in [2.75, 3.05) is 18.7 Å². The van der Waals surface area contributed by atoms with Crippen LogP contribution in [0.25, 0.3) is 0 Å². The van der Waals surface area contributed by atoms with Crippen molar-refractivity contribution in [2.45, 2.75) is 31.8 Å². The topological polar surface area (TPSA) is 60.9 Å². The molecule has 1 saturated heterocycles. The summed E-state index contributed by atoms with van der Waals surface area (Å²) in [4.78, 5) is 26.4. The SMILES string of the molecule is CC(C1CC1)N(C)C(=O)N1CSC[C@H]1C(=O)O. The fourth-order valence-electron chi connectivity index (χ4n) is 2.11. The smallest absolute Gasteiger partial charge is 0.327 e. The van der Waals surface area contributed by atoms with Crippen molar-refractivity contribution in [1.82, 2.24) is 9.80 Å². The Hall–Kier alpha value is -0.910. The number of amides is 2. The van der Waals surface area contributed by atoms with Crippen LogP contribution in [0.3, 0.4) is 0 Å². The first-order chi connectivity index (χ1) is 8.02. The molecule has 0 aromatic carbocycles. The number of hydrogen-bond acceptors (Lipinski definition) is 3. The predicted octanol–water partition coefficient (Wildman–Crippen LogP) is 1.30. The molecule has 2 atom stereocenters. The fraction of sp³-hybridized carbons (Fsp3) is 0.818. The summed E-state index contributed by atoms with van der Waals surface area (Å²) >= 11 is 1.50. The van der Waals surface area contributed by atoms with Crippen LogP contribution in [-0.4, -0.2) is 57.7 Å². The first-order valence-electron chi connectivity index (χ1n) is 5.86. The summed E-state index contributed by atoms with van der Waals surface area (Å²) in [6.07, 6.45) is 2.35. The Labute approximate surface area is 105 Å². The van der Waals surface area contributed by atoms with Gasteiger partial charge in [0.15, 0.2) is 0 Å². The third kappa shape index (κ3) is 2.51. The zero-order valence-corrected chi connectivity index (χ0v) is 10.9. The van der Waals surface area contributed by atoms with Gasteiger partial charge < -0.3 is 14.9 Å². The van der Waals surface area contributed by atoms with Gasteiger partial charge in [0.25, 0.3) is 0 Å². The van der Waals surface area contributed by atoms with E-state index in [1.54, 1.807) is 11.9 Å². The Kier molecular flexibility index (Phi) is 3.51. The lowest BCUT2D eigenvalue weighted by Gasteiger charge is -2.31. The lowest BCUT2D eigenvalue weighted by Crippen LogP contribution is -2.50. The van der Waals surface area contributed by atoms with E-state index < -0.39 is 12.0 Å². The largest absolute Gasteiger partial charge is 0.480 e. The highest BCUT2D eigenvalue weighted by Crippen LogP contribution is 2.35. The normalized spacial score (nSPS) is 25.8. The van der Waals surface area contributed by atoms with Gasteiger partial charge in [-0.15, -0.1) is 11.8 Å². The maximum atomic E-state index is 12.2. The molecule has 0 aromatic heterocycles. The molecule has 1 N–H and O–H groups in total. The van der Waals surface area contributed by atoms with Crippen LogP contribution in [0.4, 0.5) is 4.79 Å². The second kappa shape index (κ2) is 4.76. The molecule has 5 nitrogen and oxygen atoms in total. The standard InChI is InChI=1S/C11H18N2O3S/c1-7(8-3-4-8)12(2)11(16)13-6-17-5-9(13)10(14)15/h7-9H,3-6H2,1-2H3,(H,14,15)/t7?,9-/m0/s1. The summed E-state index contributed by atoms with van der Waals surface area (Å²) in [7, 11) is 1.77. The molecular formula is C11H18N2O3S. The van der Waals surface area contributed by atoms with Gasteiger partial charge in [-0.3, -0.25) is 0 Å². The number of carboxylic acids is 1. The van der Waals surface area contributed by atoms with E-state index in [2.05, 4.69) is 0 Å². The molecule has 0 radical (unpaired) electrons. The van der Waals surface area contributed by atoms with E-state index >= 15 is 0 Å². The molecule has 0 spiro atoms. The Bertz CT molecular complexity index is 333. The average molecular weight is 258 g/mol.